The van der Waals surface area contributed by atoms with Crippen LogP contribution in [0.1, 0.15) is 45.4 Å². The second-order valence-corrected chi connectivity index (χ2v) is 12.2. The number of rotatable bonds is 6. The van der Waals surface area contributed by atoms with E-state index in [2.05, 4.69) is 11.4 Å². The van der Waals surface area contributed by atoms with Gasteiger partial charge in [-0.15, -0.1) is 0 Å². The van der Waals surface area contributed by atoms with E-state index in [0.717, 1.165) is 30.4 Å². The summed E-state index contributed by atoms with van der Waals surface area (Å²) in [5.74, 6) is -1.27. The maximum Gasteiger partial charge on any atom is 0.332 e. The molecule has 2 heterocycles. The Morgan fingerprint density at radius 2 is 1.69 bits per heavy atom. The van der Waals surface area contributed by atoms with E-state index in [1.165, 1.54) is 0 Å². The largest absolute Gasteiger partial charge is 0.474 e. The van der Waals surface area contributed by atoms with Gasteiger partial charge in [-0.2, -0.15) is 4.98 Å². The topological polar surface area (TPSA) is 111 Å². The van der Waals surface area contributed by atoms with Crippen molar-refractivity contribution in [2.45, 2.75) is 57.1 Å². The van der Waals surface area contributed by atoms with Gasteiger partial charge in [0.15, 0.2) is 5.82 Å². The molecule has 0 radical (unpaired) electrons. The maximum absolute atomic E-state index is 14.0. The number of ether oxygens (including phenoxy) is 2. The van der Waals surface area contributed by atoms with Gasteiger partial charge < -0.3 is 19.7 Å². The fraction of sp³-hybridized carbons (Fsp3) is 0.417. The predicted molar refractivity (Wildman–Crippen MR) is 170 cm³/mol. The summed E-state index contributed by atoms with van der Waals surface area (Å²) in [6.45, 7) is 2.61. The zero-order valence-electron chi connectivity index (χ0n) is 25.9. The van der Waals surface area contributed by atoms with Gasteiger partial charge >= 0.3 is 5.97 Å². The van der Waals surface area contributed by atoms with Crippen LogP contribution in [0.4, 0.5) is 0 Å². The van der Waals surface area contributed by atoms with Crippen molar-refractivity contribution in [2.24, 2.45) is 17.8 Å². The second kappa shape index (κ2) is 13.2. The van der Waals surface area contributed by atoms with Crippen LogP contribution in [0.5, 0.6) is 5.88 Å². The normalized spacial score (nSPS) is 27.4. The molecule has 2 saturated carbocycles. The molecule has 45 heavy (non-hydrogen) atoms. The number of carbonyl (C=O) groups excluding carboxylic acids is 3. The Morgan fingerprint density at radius 3 is 2.42 bits per heavy atom. The average Bonchev–Trinajstić information content (AvgIpc) is 3.60. The van der Waals surface area contributed by atoms with Crippen molar-refractivity contribution in [2.75, 3.05) is 20.2 Å². The van der Waals surface area contributed by atoms with Crippen LogP contribution in [0, 0.1) is 17.8 Å². The zero-order valence-corrected chi connectivity index (χ0v) is 25.9. The van der Waals surface area contributed by atoms with Crippen LogP contribution in [0.15, 0.2) is 78.9 Å². The SMILES string of the molecule is CCOC(=O)[C@@]12C[C@@H]1/C=C\CCCCN(C)C(=O)[C@@H]1C[C@H](Oc3cc(-c4ccccc4)nc(-c4ccccc4)n3)C[C@H]1C(=O)N2. The first kappa shape index (κ1) is 30.5. The van der Waals surface area contributed by atoms with E-state index in [1.54, 1.807) is 18.9 Å². The first-order valence-electron chi connectivity index (χ1n) is 16.0. The minimum atomic E-state index is -1.09. The van der Waals surface area contributed by atoms with Crippen LogP contribution < -0.4 is 10.1 Å². The molecule has 9 heteroatoms. The molecule has 0 saturated heterocycles. The van der Waals surface area contributed by atoms with E-state index < -0.39 is 29.4 Å². The fourth-order valence-electron chi connectivity index (χ4n) is 6.57. The molecule has 1 aliphatic heterocycles. The summed E-state index contributed by atoms with van der Waals surface area (Å²) in [4.78, 5) is 52.1. The molecule has 5 atom stereocenters. The van der Waals surface area contributed by atoms with Gasteiger partial charge in [-0.1, -0.05) is 72.8 Å². The number of hydrogen-bond acceptors (Lipinski definition) is 7. The predicted octanol–water partition coefficient (Wildman–Crippen LogP) is 5.22. The molecule has 2 fully saturated rings. The van der Waals surface area contributed by atoms with Crippen molar-refractivity contribution in [1.82, 2.24) is 20.2 Å². The summed E-state index contributed by atoms with van der Waals surface area (Å²) in [7, 11) is 1.80. The first-order chi connectivity index (χ1) is 21.9. The molecule has 3 aromatic rings. The Balaban J connectivity index is 1.29. The number of nitrogens with zero attached hydrogens (tertiary/aromatic N) is 3. The molecule has 2 amide bonds. The second-order valence-electron chi connectivity index (χ2n) is 12.2. The Hall–Kier alpha value is -4.53. The molecule has 3 aliphatic rings. The highest BCUT2D eigenvalue weighted by atomic mass is 16.5. The van der Waals surface area contributed by atoms with Crippen LogP contribution in [0.25, 0.3) is 22.6 Å². The lowest BCUT2D eigenvalue weighted by molar-refractivity contribution is -0.150. The third-order valence-corrected chi connectivity index (χ3v) is 9.12. The van der Waals surface area contributed by atoms with E-state index in [4.69, 9.17) is 19.4 Å². The van der Waals surface area contributed by atoms with Crippen LogP contribution >= 0.6 is 0 Å². The maximum atomic E-state index is 14.0. The number of amides is 2. The van der Waals surface area contributed by atoms with Crippen molar-refractivity contribution < 1.29 is 23.9 Å². The highest BCUT2D eigenvalue weighted by molar-refractivity contribution is 5.95. The van der Waals surface area contributed by atoms with E-state index in [9.17, 15) is 14.4 Å². The summed E-state index contributed by atoms with van der Waals surface area (Å²) in [5, 5.41) is 3.04. The number of benzene rings is 2. The van der Waals surface area contributed by atoms with Crippen LogP contribution in [0.3, 0.4) is 0 Å². The summed E-state index contributed by atoms with van der Waals surface area (Å²) >= 11 is 0. The molecule has 1 aromatic heterocycles. The summed E-state index contributed by atoms with van der Waals surface area (Å²) in [6, 6.07) is 21.4. The molecule has 234 valence electrons. The number of esters is 1. The van der Waals surface area contributed by atoms with E-state index in [-0.39, 0.29) is 24.3 Å². The summed E-state index contributed by atoms with van der Waals surface area (Å²) in [5.41, 5.74) is 1.41. The molecule has 2 aromatic carbocycles. The quantitative estimate of drug-likeness (QED) is 0.302. The monoisotopic (exact) mass is 608 g/mol. The first-order valence-corrected chi connectivity index (χ1v) is 16.0. The number of aromatic nitrogens is 2. The van der Waals surface area contributed by atoms with Crippen LogP contribution in [-0.2, 0) is 19.1 Å². The third kappa shape index (κ3) is 6.62. The van der Waals surface area contributed by atoms with Gasteiger partial charge in [0.25, 0.3) is 0 Å². The average molecular weight is 609 g/mol. The Morgan fingerprint density at radius 1 is 0.978 bits per heavy atom. The lowest BCUT2D eigenvalue weighted by Crippen LogP contribution is -2.50. The van der Waals surface area contributed by atoms with Crippen molar-refractivity contribution in [3.8, 4) is 28.5 Å². The Kier molecular flexibility index (Phi) is 8.96. The van der Waals surface area contributed by atoms with Gasteiger partial charge in [0.2, 0.25) is 17.7 Å². The number of carbonyl (C=O) groups is 3. The summed E-state index contributed by atoms with van der Waals surface area (Å²) < 4.78 is 11.9. The molecule has 2 aliphatic carbocycles. The molecule has 9 nitrogen and oxygen atoms in total. The number of nitrogens with one attached hydrogen (secondary N) is 1. The van der Waals surface area contributed by atoms with Gasteiger partial charge in [0.1, 0.15) is 11.6 Å². The van der Waals surface area contributed by atoms with Crippen molar-refractivity contribution in [3.05, 3.63) is 78.9 Å². The zero-order chi connectivity index (χ0) is 31.4. The van der Waals surface area contributed by atoms with E-state index >= 15 is 0 Å². The molecule has 1 N–H and O–H groups in total. The van der Waals surface area contributed by atoms with E-state index in [0.29, 0.717) is 43.2 Å². The van der Waals surface area contributed by atoms with Gasteiger partial charge in [-0.3, -0.25) is 9.59 Å². The lowest BCUT2D eigenvalue weighted by atomic mass is 9.93. The Labute approximate surface area is 264 Å². The molecular formula is C36H40N4O5. The molecule has 0 spiro atoms. The lowest BCUT2D eigenvalue weighted by Gasteiger charge is -2.26. The van der Waals surface area contributed by atoms with E-state index in [1.807, 2.05) is 72.8 Å². The smallest absolute Gasteiger partial charge is 0.332 e. The number of fused-ring (bicyclic) bond motifs is 2. The summed E-state index contributed by atoms with van der Waals surface area (Å²) in [6.07, 6.45) is 7.48. The standard InChI is InChI=1S/C36H40N4O5/c1-3-44-35(43)36-23-26(36)18-12-4-5-13-19-40(2)34(42)29-21-27(20-28(29)33(41)39-36)45-31-22-30(24-14-8-6-9-15-24)37-32(38-31)25-16-10-7-11-17-25/h6-12,14-18,22,26-29H,3-5,13,19-21,23H2,1-2H3,(H,39,41)/b18-12-/t26-,27+,28+,29+,36+/m0/s1. The van der Waals surface area contributed by atoms with Crippen molar-refractivity contribution >= 4 is 17.8 Å². The van der Waals surface area contributed by atoms with Crippen LogP contribution in [0.2, 0.25) is 0 Å². The minimum Gasteiger partial charge on any atom is -0.474 e. The molecule has 0 bridgehead atoms. The molecule has 0 unspecified atom stereocenters. The van der Waals surface area contributed by atoms with Crippen molar-refractivity contribution in [3.63, 3.8) is 0 Å². The van der Waals surface area contributed by atoms with Gasteiger partial charge in [0, 0.05) is 36.7 Å². The third-order valence-electron chi connectivity index (χ3n) is 9.12. The fourth-order valence-corrected chi connectivity index (χ4v) is 6.57. The minimum absolute atomic E-state index is 0.0796. The Bertz CT molecular complexity index is 1500. The van der Waals surface area contributed by atoms with Gasteiger partial charge in [-0.25, -0.2) is 9.78 Å². The number of hydrogen-bond donors (Lipinski definition) is 1. The van der Waals surface area contributed by atoms with Crippen LogP contribution in [-0.4, -0.2) is 64.5 Å². The highest BCUT2D eigenvalue weighted by Gasteiger charge is 2.62. The molecular weight excluding hydrogens is 568 g/mol. The molecule has 6 rings (SSSR count). The van der Waals surface area contributed by atoms with Gasteiger partial charge in [-0.05, 0) is 45.4 Å². The van der Waals surface area contributed by atoms with Gasteiger partial charge in [0.05, 0.1) is 24.1 Å². The number of allylic oxidation sites excluding steroid dienone is 1. The highest BCUT2D eigenvalue weighted by Crippen LogP contribution is 2.47. The van der Waals surface area contributed by atoms with Crippen molar-refractivity contribution in [1.29, 1.82) is 0 Å².